The molecule has 0 aromatic heterocycles. The summed E-state index contributed by atoms with van der Waals surface area (Å²) in [5.41, 5.74) is 3.69. The van der Waals surface area contributed by atoms with Gasteiger partial charge in [0, 0.05) is 18.7 Å². The number of nitrogens with one attached hydrogen (secondary N) is 1. The quantitative estimate of drug-likeness (QED) is 0.867. The van der Waals surface area contributed by atoms with Gasteiger partial charge in [-0.15, -0.1) is 0 Å². The largest absolute Gasteiger partial charge is 0.380 e. The van der Waals surface area contributed by atoms with Crippen molar-refractivity contribution in [2.75, 3.05) is 11.9 Å². The van der Waals surface area contributed by atoms with Gasteiger partial charge in [0.05, 0.1) is 12.1 Å². The maximum atomic E-state index is 11.9. The minimum absolute atomic E-state index is 0.293. The van der Waals surface area contributed by atoms with Gasteiger partial charge in [0.2, 0.25) is 5.91 Å². The Balaban J connectivity index is 1.78. The van der Waals surface area contributed by atoms with Crippen molar-refractivity contribution >= 4 is 11.6 Å². The van der Waals surface area contributed by atoms with Crippen molar-refractivity contribution in [3.05, 3.63) is 29.3 Å². The maximum Gasteiger partial charge on any atom is 0.225 e. The highest BCUT2D eigenvalue weighted by Crippen LogP contribution is 2.31. The number of hydrogen-bond donors (Lipinski definition) is 1. The van der Waals surface area contributed by atoms with E-state index in [9.17, 15) is 4.79 Å². The Hall–Kier alpha value is -1.51. The van der Waals surface area contributed by atoms with Crippen LogP contribution in [0.3, 0.4) is 0 Å². The zero-order valence-electron chi connectivity index (χ0n) is 11.1. The molecular weight excluding hydrogens is 224 g/mol. The van der Waals surface area contributed by atoms with Crippen LogP contribution in [0.25, 0.3) is 0 Å². The number of nitrogens with zero attached hydrogens (tertiary/aromatic N) is 1. The zero-order chi connectivity index (χ0) is 12.7. The second-order valence-electron chi connectivity index (χ2n) is 5.63. The molecule has 0 spiro atoms. The summed E-state index contributed by atoms with van der Waals surface area (Å²) in [6, 6.07) is 7.20. The van der Waals surface area contributed by atoms with E-state index in [-0.39, 0.29) is 0 Å². The first-order valence-electron chi connectivity index (χ1n) is 6.78. The van der Waals surface area contributed by atoms with Crippen LogP contribution in [0.2, 0.25) is 0 Å². The SMILES string of the molecule is Cc1cc(C)cc(NC2CC(=O)N3CCCC23)c1. The number of fused-ring (bicyclic) bond motifs is 1. The van der Waals surface area contributed by atoms with E-state index in [1.54, 1.807) is 0 Å². The molecule has 1 aromatic rings. The molecule has 1 aromatic carbocycles. The van der Waals surface area contributed by atoms with Gasteiger partial charge in [-0.1, -0.05) is 6.07 Å². The van der Waals surface area contributed by atoms with Crippen LogP contribution in [0, 0.1) is 13.8 Å². The van der Waals surface area contributed by atoms with Crippen molar-refractivity contribution in [1.29, 1.82) is 0 Å². The average Bonchev–Trinajstić information content (AvgIpc) is 2.83. The van der Waals surface area contributed by atoms with Gasteiger partial charge in [0.15, 0.2) is 0 Å². The molecule has 2 aliphatic heterocycles. The molecule has 18 heavy (non-hydrogen) atoms. The average molecular weight is 244 g/mol. The minimum Gasteiger partial charge on any atom is -0.380 e. The minimum atomic E-state index is 0.293. The zero-order valence-corrected chi connectivity index (χ0v) is 11.1. The number of hydrogen-bond acceptors (Lipinski definition) is 2. The molecule has 0 aliphatic carbocycles. The van der Waals surface area contributed by atoms with Crippen molar-refractivity contribution in [3.63, 3.8) is 0 Å². The van der Waals surface area contributed by atoms with Crippen molar-refractivity contribution < 1.29 is 4.79 Å². The van der Waals surface area contributed by atoms with E-state index in [0.717, 1.165) is 25.1 Å². The van der Waals surface area contributed by atoms with Crippen molar-refractivity contribution in [2.45, 2.75) is 45.2 Å². The molecule has 2 heterocycles. The van der Waals surface area contributed by atoms with Gasteiger partial charge >= 0.3 is 0 Å². The Bertz CT molecular complexity index is 463. The van der Waals surface area contributed by atoms with Crippen LogP contribution in [-0.4, -0.2) is 29.4 Å². The summed E-state index contributed by atoms with van der Waals surface area (Å²) in [6.45, 7) is 5.17. The van der Waals surface area contributed by atoms with Gasteiger partial charge in [-0.2, -0.15) is 0 Å². The lowest BCUT2D eigenvalue weighted by Crippen LogP contribution is -2.34. The van der Waals surface area contributed by atoms with Crippen LogP contribution in [0.5, 0.6) is 0 Å². The van der Waals surface area contributed by atoms with Crippen LogP contribution in [-0.2, 0) is 4.79 Å². The third-order valence-corrected chi connectivity index (χ3v) is 4.05. The molecule has 3 nitrogen and oxygen atoms in total. The molecule has 1 amide bonds. The summed E-state index contributed by atoms with van der Waals surface area (Å²) in [5, 5.41) is 3.56. The summed E-state index contributed by atoms with van der Waals surface area (Å²) < 4.78 is 0. The summed E-state index contributed by atoms with van der Waals surface area (Å²) in [4.78, 5) is 13.9. The molecule has 2 saturated heterocycles. The van der Waals surface area contributed by atoms with Crippen LogP contribution < -0.4 is 5.32 Å². The lowest BCUT2D eigenvalue weighted by atomic mass is 10.1. The van der Waals surface area contributed by atoms with Crippen molar-refractivity contribution in [2.24, 2.45) is 0 Å². The van der Waals surface area contributed by atoms with Crippen LogP contribution in [0.1, 0.15) is 30.4 Å². The highest BCUT2D eigenvalue weighted by molar-refractivity contribution is 5.81. The van der Waals surface area contributed by atoms with Crippen LogP contribution in [0.4, 0.5) is 5.69 Å². The third kappa shape index (κ3) is 1.98. The summed E-state index contributed by atoms with van der Waals surface area (Å²) in [6.07, 6.45) is 2.95. The molecule has 0 radical (unpaired) electrons. The van der Waals surface area contributed by atoms with Crippen molar-refractivity contribution in [1.82, 2.24) is 4.90 Å². The summed E-state index contributed by atoms with van der Waals surface area (Å²) in [7, 11) is 0. The lowest BCUT2D eigenvalue weighted by molar-refractivity contribution is -0.127. The Labute approximate surface area is 108 Å². The molecule has 2 aliphatic rings. The number of anilines is 1. The number of rotatable bonds is 2. The van der Waals surface area contributed by atoms with E-state index >= 15 is 0 Å². The third-order valence-electron chi connectivity index (χ3n) is 4.05. The topological polar surface area (TPSA) is 32.3 Å². The molecule has 2 fully saturated rings. The summed E-state index contributed by atoms with van der Waals surface area (Å²) in [5.74, 6) is 0.319. The number of aryl methyl sites for hydroxylation is 2. The van der Waals surface area contributed by atoms with E-state index in [0.29, 0.717) is 24.4 Å². The maximum absolute atomic E-state index is 11.9. The van der Waals surface area contributed by atoms with Gasteiger partial charge < -0.3 is 10.2 Å². The highest BCUT2D eigenvalue weighted by Gasteiger charge is 2.42. The second kappa shape index (κ2) is 4.30. The molecule has 3 rings (SSSR count). The lowest BCUT2D eigenvalue weighted by Gasteiger charge is -2.22. The van der Waals surface area contributed by atoms with Gasteiger partial charge in [-0.05, 0) is 49.9 Å². The predicted octanol–water partition coefficient (Wildman–Crippen LogP) is 2.48. The number of carbonyl (C=O) groups excluding carboxylic acids is 1. The van der Waals surface area contributed by atoms with E-state index in [2.05, 4.69) is 42.3 Å². The molecule has 96 valence electrons. The molecular formula is C15H20N2O. The fraction of sp³-hybridized carbons (Fsp3) is 0.533. The van der Waals surface area contributed by atoms with Crippen LogP contribution >= 0.6 is 0 Å². The Kier molecular flexibility index (Phi) is 2.77. The van der Waals surface area contributed by atoms with Crippen LogP contribution in [0.15, 0.2) is 18.2 Å². The Morgan fingerprint density at radius 3 is 2.67 bits per heavy atom. The van der Waals surface area contributed by atoms with E-state index in [1.807, 2.05) is 0 Å². The Morgan fingerprint density at radius 1 is 1.22 bits per heavy atom. The van der Waals surface area contributed by atoms with Gasteiger partial charge in [0.1, 0.15) is 0 Å². The molecule has 2 atom stereocenters. The first-order chi connectivity index (χ1) is 8.63. The molecule has 0 bridgehead atoms. The molecule has 3 heteroatoms. The number of carbonyl (C=O) groups is 1. The second-order valence-corrected chi connectivity index (χ2v) is 5.63. The van der Waals surface area contributed by atoms with Gasteiger partial charge in [0.25, 0.3) is 0 Å². The first-order valence-corrected chi connectivity index (χ1v) is 6.78. The molecule has 1 N–H and O–H groups in total. The smallest absolute Gasteiger partial charge is 0.225 e. The standard InChI is InChI=1S/C15H20N2O/c1-10-6-11(2)8-12(7-10)16-13-9-15(18)17-5-3-4-14(13)17/h6-8,13-14,16H,3-5,9H2,1-2H3. The molecule has 0 saturated carbocycles. The van der Waals surface area contributed by atoms with Gasteiger partial charge in [-0.3, -0.25) is 4.79 Å². The number of amides is 1. The molecule has 2 unspecified atom stereocenters. The monoisotopic (exact) mass is 244 g/mol. The summed E-state index contributed by atoms with van der Waals surface area (Å²) >= 11 is 0. The van der Waals surface area contributed by atoms with Crippen molar-refractivity contribution in [3.8, 4) is 0 Å². The van der Waals surface area contributed by atoms with E-state index < -0.39 is 0 Å². The Morgan fingerprint density at radius 2 is 1.94 bits per heavy atom. The predicted molar refractivity (Wildman–Crippen MR) is 72.7 cm³/mol. The van der Waals surface area contributed by atoms with Gasteiger partial charge in [-0.25, -0.2) is 0 Å². The fourth-order valence-electron chi connectivity index (χ4n) is 3.38. The van der Waals surface area contributed by atoms with E-state index in [1.165, 1.54) is 11.1 Å². The highest BCUT2D eigenvalue weighted by atomic mass is 16.2. The van der Waals surface area contributed by atoms with E-state index in [4.69, 9.17) is 0 Å². The fourth-order valence-corrected chi connectivity index (χ4v) is 3.38. The first kappa shape index (κ1) is 11.6. The number of benzene rings is 1. The normalized spacial score (nSPS) is 26.6.